The number of morpholine rings is 1. The average molecular weight is 322 g/mol. The first kappa shape index (κ1) is 17.7. The van der Waals surface area contributed by atoms with E-state index in [1.807, 2.05) is 0 Å². The van der Waals surface area contributed by atoms with Crippen LogP contribution in [-0.2, 0) is 19.1 Å². The van der Waals surface area contributed by atoms with Crippen molar-refractivity contribution in [3.63, 3.8) is 0 Å². The summed E-state index contributed by atoms with van der Waals surface area (Å²) >= 11 is 0. The Morgan fingerprint density at radius 1 is 1.17 bits per heavy atom. The van der Waals surface area contributed by atoms with E-state index in [0.29, 0.717) is 6.42 Å². The van der Waals surface area contributed by atoms with E-state index < -0.39 is 5.97 Å². The van der Waals surface area contributed by atoms with Crippen LogP contribution in [0.25, 0.3) is 0 Å². The summed E-state index contributed by atoms with van der Waals surface area (Å²) in [4.78, 5) is 19.3. The zero-order valence-corrected chi connectivity index (χ0v) is 14.5. The summed E-state index contributed by atoms with van der Waals surface area (Å²) in [6.07, 6.45) is 1.57. The molecule has 0 aromatic heterocycles. The second-order valence-electron chi connectivity index (χ2n) is 6.00. The van der Waals surface area contributed by atoms with Crippen LogP contribution in [0.5, 0.6) is 0 Å². The number of methoxy groups -OCH3 is 1. The van der Waals surface area contributed by atoms with Crippen molar-refractivity contribution in [1.82, 2.24) is 4.90 Å². The molecule has 1 aliphatic heterocycles. The largest absolute Gasteiger partial charge is 0.464 e. The van der Waals surface area contributed by atoms with E-state index in [4.69, 9.17) is 14.3 Å². The minimum absolute atomic E-state index is 0.283. The van der Waals surface area contributed by atoms with Crippen molar-refractivity contribution in [3.05, 3.63) is 22.3 Å². The van der Waals surface area contributed by atoms with E-state index in [1.165, 1.54) is 30.9 Å². The van der Waals surface area contributed by atoms with Crippen molar-refractivity contribution in [2.75, 3.05) is 47.1 Å². The quantitative estimate of drug-likeness (QED) is 0.335. The molecule has 0 unspecified atom stereocenters. The number of rotatable bonds is 5. The van der Waals surface area contributed by atoms with Gasteiger partial charge in [0.05, 0.1) is 20.3 Å². The third kappa shape index (κ3) is 4.42. The first-order chi connectivity index (χ1) is 11.1. The Kier molecular flexibility index (Phi) is 6.36. The number of hydrogen-bond donors (Lipinski definition) is 0. The van der Waals surface area contributed by atoms with Gasteiger partial charge in [-0.2, -0.15) is 0 Å². The molecule has 1 fully saturated rings. The average Bonchev–Trinajstić information content (AvgIpc) is 2.56. The Morgan fingerprint density at radius 3 is 2.43 bits per heavy atom. The highest BCUT2D eigenvalue weighted by Crippen LogP contribution is 2.31. The van der Waals surface area contributed by atoms with E-state index in [0.717, 1.165) is 44.8 Å². The second kappa shape index (κ2) is 8.26. The van der Waals surface area contributed by atoms with Crippen molar-refractivity contribution in [2.24, 2.45) is 5.16 Å². The maximum Gasteiger partial charge on any atom is 0.360 e. The van der Waals surface area contributed by atoms with Gasteiger partial charge in [-0.15, -0.1) is 0 Å². The van der Waals surface area contributed by atoms with Crippen molar-refractivity contribution in [1.29, 1.82) is 0 Å². The number of hydrogen-bond acceptors (Lipinski definition) is 6. The lowest BCUT2D eigenvalue weighted by molar-refractivity contribution is -0.132. The molecule has 1 aliphatic carbocycles. The molecule has 6 nitrogen and oxygen atoms in total. The predicted octanol–water partition coefficient (Wildman–Crippen LogP) is 1.92. The number of ether oxygens (including phenoxy) is 2. The zero-order valence-electron chi connectivity index (χ0n) is 14.5. The van der Waals surface area contributed by atoms with Crippen LogP contribution in [0.4, 0.5) is 0 Å². The summed E-state index contributed by atoms with van der Waals surface area (Å²) in [5, 5.41) is 3.94. The lowest BCUT2D eigenvalue weighted by Gasteiger charge is -2.31. The monoisotopic (exact) mass is 322 g/mol. The smallest absolute Gasteiger partial charge is 0.360 e. The normalized spacial score (nSPS) is 20.8. The lowest BCUT2D eigenvalue weighted by Crippen LogP contribution is -2.38. The van der Waals surface area contributed by atoms with Gasteiger partial charge in [0.2, 0.25) is 0 Å². The molecule has 1 saturated heterocycles. The molecule has 2 rings (SSSR count). The van der Waals surface area contributed by atoms with Crippen molar-refractivity contribution in [2.45, 2.75) is 26.7 Å². The molecule has 6 heteroatoms. The molecule has 2 aliphatic rings. The maximum atomic E-state index is 12.1. The molecule has 128 valence electrons. The summed E-state index contributed by atoms with van der Waals surface area (Å²) in [6, 6.07) is 0. The Labute approximate surface area is 137 Å². The molecule has 0 N–H and O–H groups in total. The number of oxime groups is 1. The molecule has 0 spiro atoms. The van der Waals surface area contributed by atoms with Crippen molar-refractivity contribution >= 4 is 11.7 Å². The second-order valence-corrected chi connectivity index (χ2v) is 6.00. The molecule has 1 heterocycles. The standard InChI is InChI=1S/C17H26N2O4/c1-12-9-14(11-19-5-7-23-8-6-19)15(10-13(12)2)16(18-22-4)17(20)21-3/h5-11H2,1-4H3/b18-16-. The van der Waals surface area contributed by atoms with E-state index in [2.05, 4.69) is 23.9 Å². The highest BCUT2D eigenvalue weighted by atomic mass is 16.6. The summed E-state index contributed by atoms with van der Waals surface area (Å²) < 4.78 is 10.3. The summed E-state index contributed by atoms with van der Waals surface area (Å²) in [7, 11) is 2.81. The van der Waals surface area contributed by atoms with Crippen LogP contribution >= 0.6 is 0 Å². The zero-order chi connectivity index (χ0) is 16.8. The highest BCUT2D eigenvalue weighted by Gasteiger charge is 2.27. The van der Waals surface area contributed by atoms with Gasteiger partial charge in [-0.1, -0.05) is 16.3 Å². The van der Waals surface area contributed by atoms with Gasteiger partial charge < -0.3 is 14.3 Å². The molecule has 0 saturated carbocycles. The van der Waals surface area contributed by atoms with Gasteiger partial charge in [-0.05, 0) is 37.8 Å². The molecule has 0 bridgehead atoms. The molecular weight excluding hydrogens is 296 g/mol. The molecule has 0 atom stereocenters. The Bertz CT molecular complexity index is 543. The fourth-order valence-corrected chi connectivity index (χ4v) is 2.95. The molecule has 23 heavy (non-hydrogen) atoms. The van der Waals surface area contributed by atoms with Crippen LogP contribution in [-0.4, -0.2) is 63.6 Å². The lowest BCUT2D eigenvalue weighted by atomic mass is 9.84. The van der Waals surface area contributed by atoms with Gasteiger partial charge >= 0.3 is 5.97 Å². The van der Waals surface area contributed by atoms with Crippen LogP contribution in [0, 0.1) is 0 Å². The Morgan fingerprint density at radius 2 is 1.83 bits per heavy atom. The van der Waals surface area contributed by atoms with Gasteiger partial charge in [0.15, 0.2) is 5.71 Å². The maximum absolute atomic E-state index is 12.1. The molecular formula is C17H26N2O4. The van der Waals surface area contributed by atoms with Gasteiger partial charge in [-0.3, -0.25) is 4.90 Å². The topological polar surface area (TPSA) is 60.4 Å². The number of nitrogens with zero attached hydrogens (tertiary/aromatic N) is 2. The molecule has 0 aromatic carbocycles. The fraction of sp³-hybridized carbons (Fsp3) is 0.647. The van der Waals surface area contributed by atoms with Crippen LogP contribution in [0.2, 0.25) is 0 Å². The van der Waals surface area contributed by atoms with E-state index >= 15 is 0 Å². The van der Waals surface area contributed by atoms with E-state index in [1.54, 1.807) is 0 Å². The van der Waals surface area contributed by atoms with E-state index in [9.17, 15) is 4.79 Å². The van der Waals surface area contributed by atoms with Crippen LogP contribution in [0.15, 0.2) is 27.4 Å². The molecule has 0 aromatic rings. The highest BCUT2D eigenvalue weighted by molar-refractivity contribution is 6.43. The molecule has 0 radical (unpaired) electrons. The number of carbonyl (C=O) groups is 1. The third-order valence-electron chi connectivity index (χ3n) is 4.44. The number of carbonyl (C=O) groups excluding carboxylic acids is 1. The van der Waals surface area contributed by atoms with Crippen LogP contribution in [0.1, 0.15) is 26.7 Å². The Balaban J connectivity index is 2.31. The number of esters is 1. The minimum Gasteiger partial charge on any atom is -0.464 e. The SMILES string of the molecule is CO/N=C(\C(=O)OC)C1=C(CN2CCOCC2)CC(C)=C(C)C1. The summed E-state index contributed by atoms with van der Waals surface area (Å²) in [6.45, 7) is 8.41. The predicted molar refractivity (Wildman–Crippen MR) is 88.4 cm³/mol. The van der Waals surface area contributed by atoms with Crippen molar-refractivity contribution in [3.8, 4) is 0 Å². The van der Waals surface area contributed by atoms with E-state index in [-0.39, 0.29) is 5.71 Å². The summed E-state index contributed by atoms with van der Waals surface area (Å²) in [5.41, 5.74) is 5.08. The van der Waals surface area contributed by atoms with Gasteiger partial charge in [0, 0.05) is 19.6 Å². The minimum atomic E-state index is -0.450. The van der Waals surface area contributed by atoms with Crippen LogP contribution in [0.3, 0.4) is 0 Å². The number of allylic oxidation sites excluding steroid dienone is 2. The molecule has 0 amide bonds. The fourth-order valence-electron chi connectivity index (χ4n) is 2.95. The van der Waals surface area contributed by atoms with Gasteiger partial charge in [0.1, 0.15) is 7.11 Å². The van der Waals surface area contributed by atoms with Crippen LogP contribution < -0.4 is 0 Å². The van der Waals surface area contributed by atoms with Gasteiger partial charge in [-0.25, -0.2) is 4.79 Å². The summed E-state index contributed by atoms with van der Waals surface area (Å²) in [5.74, 6) is -0.450. The van der Waals surface area contributed by atoms with Gasteiger partial charge in [0.25, 0.3) is 0 Å². The van der Waals surface area contributed by atoms with Crippen molar-refractivity contribution < 1.29 is 19.1 Å². The third-order valence-corrected chi connectivity index (χ3v) is 4.44. The first-order valence-corrected chi connectivity index (χ1v) is 7.92. The Hall–Kier alpha value is -1.66. The first-order valence-electron chi connectivity index (χ1n) is 7.92.